The van der Waals surface area contributed by atoms with Gasteiger partial charge >= 0.3 is 12.8 Å². The number of aryl methyl sites for hydroxylation is 1. The highest BCUT2D eigenvalue weighted by Gasteiger charge is 2.31. The van der Waals surface area contributed by atoms with E-state index in [4.69, 9.17) is 5.73 Å². The molecule has 0 fully saturated rings. The Morgan fingerprint density at radius 2 is 1.92 bits per heavy atom. The highest BCUT2D eigenvalue weighted by Crippen LogP contribution is 2.34. The van der Waals surface area contributed by atoms with Crippen LogP contribution in [0.15, 0.2) is 24.3 Å². The molecule has 0 unspecified atom stereocenters. The molecule has 0 spiro atoms. The fourth-order valence-electron chi connectivity index (χ4n) is 2.07. The molecule has 144 valence electrons. The lowest BCUT2D eigenvalue weighted by Gasteiger charge is -2.12. The second-order valence-electron chi connectivity index (χ2n) is 5.00. The molecule has 11 heteroatoms. The normalized spacial score (nSPS) is 11.2. The minimum Gasteiger partial charge on any atom is -0.433 e. The number of nitrogens with one attached hydrogen (secondary N) is 1. The van der Waals surface area contributed by atoms with E-state index in [9.17, 15) is 26.7 Å². The third kappa shape index (κ3) is 5.55. The standard InChI is InChI=1S/C15H13F5N2O2S.ClH/c1-7-2-11(24-14(16)17)12(25-7)13(23)22-10-4-8(6-21)3-9(5-10)15(18,19)20;/h2-5,14H,6,21H2,1H3,(H,22,23);1H. The molecule has 0 bridgehead atoms. The number of anilines is 1. The Bertz CT molecular complexity index is 780. The first-order valence-electron chi connectivity index (χ1n) is 6.88. The number of thiophene rings is 1. The van der Waals surface area contributed by atoms with Gasteiger partial charge in [-0.05, 0) is 36.8 Å². The summed E-state index contributed by atoms with van der Waals surface area (Å²) in [5.41, 5.74) is 4.42. The van der Waals surface area contributed by atoms with E-state index in [1.54, 1.807) is 6.92 Å². The predicted octanol–water partition coefficient (Wildman–Crippen LogP) is 4.81. The maximum absolute atomic E-state index is 12.9. The molecular weight excluding hydrogens is 403 g/mol. The van der Waals surface area contributed by atoms with Gasteiger partial charge in [-0.1, -0.05) is 0 Å². The number of hydrogen-bond acceptors (Lipinski definition) is 4. The van der Waals surface area contributed by atoms with Crippen molar-refractivity contribution in [3.8, 4) is 5.75 Å². The number of rotatable bonds is 5. The molecule has 0 atom stereocenters. The van der Waals surface area contributed by atoms with E-state index >= 15 is 0 Å². The van der Waals surface area contributed by atoms with Gasteiger partial charge in [-0.3, -0.25) is 4.79 Å². The van der Waals surface area contributed by atoms with Gasteiger partial charge in [0.15, 0.2) is 0 Å². The van der Waals surface area contributed by atoms with Crippen molar-refractivity contribution in [2.45, 2.75) is 26.3 Å². The Labute approximate surface area is 155 Å². The van der Waals surface area contributed by atoms with Crippen LogP contribution >= 0.6 is 23.7 Å². The molecular formula is C15H14ClF5N2O2S. The summed E-state index contributed by atoms with van der Waals surface area (Å²) in [6.07, 6.45) is -4.62. The van der Waals surface area contributed by atoms with Crippen LogP contribution in [-0.2, 0) is 12.7 Å². The average Bonchev–Trinajstić information content (AvgIpc) is 2.85. The van der Waals surface area contributed by atoms with Gasteiger partial charge in [0.2, 0.25) is 0 Å². The first kappa shape index (κ1) is 22.1. The van der Waals surface area contributed by atoms with Gasteiger partial charge in [0.1, 0.15) is 10.6 Å². The monoisotopic (exact) mass is 416 g/mol. The third-order valence-corrected chi connectivity index (χ3v) is 4.09. The molecule has 1 aromatic heterocycles. The van der Waals surface area contributed by atoms with Crippen molar-refractivity contribution >= 4 is 35.3 Å². The van der Waals surface area contributed by atoms with Gasteiger partial charge < -0.3 is 15.8 Å². The minimum atomic E-state index is -4.62. The molecule has 0 radical (unpaired) electrons. The lowest BCUT2D eigenvalue weighted by molar-refractivity contribution is -0.137. The first-order valence-corrected chi connectivity index (χ1v) is 7.69. The smallest absolute Gasteiger partial charge is 0.416 e. The van der Waals surface area contributed by atoms with Gasteiger partial charge in [-0.15, -0.1) is 23.7 Å². The fraction of sp³-hybridized carbons (Fsp3) is 0.267. The van der Waals surface area contributed by atoms with Gasteiger partial charge in [0, 0.05) is 17.1 Å². The van der Waals surface area contributed by atoms with Crippen LogP contribution in [0.2, 0.25) is 0 Å². The molecule has 0 aliphatic heterocycles. The summed E-state index contributed by atoms with van der Waals surface area (Å²) in [7, 11) is 0. The molecule has 3 N–H and O–H groups in total. The molecule has 0 aliphatic rings. The van der Waals surface area contributed by atoms with Gasteiger partial charge in [0.05, 0.1) is 5.56 Å². The van der Waals surface area contributed by atoms with Crippen LogP contribution in [0.4, 0.5) is 27.6 Å². The van der Waals surface area contributed by atoms with Crippen molar-refractivity contribution < 1.29 is 31.5 Å². The van der Waals surface area contributed by atoms with E-state index in [1.165, 1.54) is 12.1 Å². The number of alkyl halides is 5. The van der Waals surface area contributed by atoms with E-state index in [-0.39, 0.29) is 40.8 Å². The lowest BCUT2D eigenvalue weighted by Crippen LogP contribution is -2.15. The van der Waals surface area contributed by atoms with Crippen LogP contribution in [0.3, 0.4) is 0 Å². The summed E-state index contributed by atoms with van der Waals surface area (Å²) in [6, 6.07) is 4.14. The van der Waals surface area contributed by atoms with Crippen molar-refractivity contribution in [1.82, 2.24) is 0 Å². The summed E-state index contributed by atoms with van der Waals surface area (Å²) in [6.45, 7) is -1.71. The van der Waals surface area contributed by atoms with Crippen LogP contribution in [0.1, 0.15) is 25.7 Å². The first-order chi connectivity index (χ1) is 11.6. The molecule has 0 saturated heterocycles. The average molecular weight is 417 g/mol. The van der Waals surface area contributed by atoms with Gasteiger partial charge in [0.25, 0.3) is 5.91 Å². The number of benzene rings is 1. The van der Waals surface area contributed by atoms with Crippen LogP contribution in [0.5, 0.6) is 5.75 Å². The molecule has 2 aromatic rings. The van der Waals surface area contributed by atoms with Gasteiger partial charge in [-0.25, -0.2) is 0 Å². The number of amides is 1. The SMILES string of the molecule is Cc1cc(OC(F)F)c(C(=O)Nc2cc(CN)cc(C(F)(F)F)c2)s1.Cl. The summed E-state index contributed by atoms with van der Waals surface area (Å²) < 4.78 is 67.8. The van der Waals surface area contributed by atoms with Crippen molar-refractivity contribution in [3.63, 3.8) is 0 Å². The van der Waals surface area contributed by atoms with Crippen LogP contribution in [-0.4, -0.2) is 12.5 Å². The van der Waals surface area contributed by atoms with Crippen molar-refractivity contribution in [1.29, 1.82) is 0 Å². The van der Waals surface area contributed by atoms with E-state index in [0.29, 0.717) is 4.88 Å². The molecule has 1 heterocycles. The summed E-state index contributed by atoms with van der Waals surface area (Å²) in [5.74, 6) is -1.18. The predicted molar refractivity (Wildman–Crippen MR) is 90.2 cm³/mol. The minimum absolute atomic E-state index is 0. The lowest BCUT2D eigenvalue weighted by atomic mass is 10.1. The Balaban J connectivity index is 0.00000338. The Kier molecular flexibility index (Phi) is 7.36. The van der Waals surface area contributed by atoms with E-state index in [0.717, 1.165) is 23.5 Å². The highest BCUT2D eigenvalue weighted by atomic mass is 35.5. The fourth-order valence-corrected chi connectivity index (χ4v) is 2.91. The number of carbonyl (C=O) groups is 1. The van der Waals surface area contributed by atoms with Crippen LogP contribution < -0.4 is 15.8 Å². The second-order valence-corrected chi connectivity index (χ2v) is 6.26. The van der Waals surface area contributed by atoms with Crippen molar-refractivity contribution in [3.05, 3.63) is 45.1 Å². The Morgan fingerprint density at radius 1 is 1.27 bits per heavy atom. The highest BCUT2D eigenvalue weighted by molar-refractivity contribution is 7.14. The number of ether oxygens (including phenoxy) is 1. The second kappa shape index (κ2) is 8.65. The zero-order valence-corrected chi connectivity index (χ0v) is 14.8. The molecule has 4 nitrogen and oxygen atoms in total. The molecule has 0 saturated carbocycles. The molecule has 0 aliphatic carbocycles. The van der Waals surface area contributed by atoms with E-state index < -0.39 is 24.3 Å². The summed E-state index contributed by atoms with van der Waals surface area (Å²) in [5, 5.41) is 2.26. The number of hydrogen-bond donors (Lipinski definition) is 2. The topological polar surface area (TPSA) is 64.3 Å². The van der Waals surface area contributed by atoms with Crippen molar-refractivity contribution in [2.75, 3.05) is 5.32 Å². The van der Waals surface area contributed by atoms with Crippen molar-refractivity contribution in [2.24, 2.45) is 5.73 Å². The largest absolute Gasteiger partial charge is 0.433 e. The van der Waals surface area contributed by atoms with Crippen LogP contribution in [0, 0.1) is 6.92 Å². The molecule has 1 aromatic carbocycles. The maximum atomic E-state index is 12.9. The molecule has 26 heavy (non-hydrogen) atoms. The Morgan fingerprint density at radius 3 is 2.46 bits per heavy atom. The quantitative estimate of drug-likeness (QED) is 0.687. The molecule has 2 rings (SSSR count). The molecule has 1 amide bonds. The number of carbonyl (C=O) groups excluding carboxylic acids is 1. The summed E-state index contributed by atoms with van der Waals surface area (Å²) >= 11 is 0.886. The Hall–Kier alpha value is -1.91. The zero-order chi connectivity index (χ0) is 18.8. The third-order valence-electron chi connectivity index (χ3n) is 3.06. The summed E-state index contributed by atoms with van der Waals surface area (Å²) in [4.78, 5) is 12.6. The zero-order valence-electron chi connectivity index (χ0n) is 13.2. The van der Waals surface area contributed by atoms with Crippen LogP contribution in [0.25, 0.3) is 0 Å². The van der Waals surface area contributed by atoms with E-state index in [1.807, 2.05) is 0 Å². The maximum Gasteiger partial charge on any atom is 0.416 e. The van der Waals surface area contributed by atoms with Gasteiger partial charge in [-0.2, -0.15) is 22.0 Å². The van der Waals surface area contributed by atoms with E-state index in [2.05, 4.69) is 10.1 Å². The number of nitrogens with two attached hydrogens (primary N) is 1. The number of halogens is 6.